The number of rotatable bonds is 7. The second kappa shape index (κ2) is 8.90. The number of carboxylic acid groups (broad SMARTS) is 1. The van der Waals surface area contributed by atoms with Crippen LogP contribution < -0.4 is 0 Å². The molecule has 2 heterocycles. The number of hydrogen-bond donors (Lipinski definition) is 1. The Hall–Kier alpha value is -2.18. The van der Waals surface area contributed by atoms with Crippen LogP contribution in [0.3, 0.4) is 0 Å². The van der Waals surface area contributed by atoms with E-state index in [1.807, 2.05) is 31.2 Å². The maximum Gasteiger partial charge on any atom is 0.339 e. The molecule has 5 nitrogen and oxygen atoms in total. The molecular formula is C24H27BrN2O3. The van der Waals surface area contributed by atoms with Crippen LogP contribution in [0, 0.1) is 12.8 Å². The summed E-state index contributed by atoms with van der Waals surface area (Å²) in [4.78, 5) is 19.0. The highest BCUT2D eigenvalue weighted by molar-refractivity contribution is 9.10. The van der Waals surface area contributed by atoms with Gasteiger partial charge in [0.15, 0.2) is 5.58 Å². The van der Waals surface area contributed by atoms with Gasteiger partial charge in [-0.1, -0.05) is 41.8 Å². The summed E-state index contributed by atoms with van der Waals surface area (Å²) in [6.07, 6.45) is 5.03. The Morgan fingerprint density at radius 3 is 2.97 bits per heavy atom. The number of aromatic nitrogens is 1. The third kappa shape index (κ3) is 4.30. The van der Waals surface area contributed by atoms with Crippen molar-refractivity contribution in [3.63, 3.8) is 0 Å². The van der Waals surface area contributed by atoms with E-state index in [-0.39, 0.29) is 5.56 Å². The molecule has 1 fully saturated rings. The number of oxazole rings is 1. The Labute approximate surface area is 185 Å². The van der Waals surface area contributed by atoms with Crippen molar-refractivity contribution in [3.8, 4) is 11.5 Å². The summed E-state index contributed by atoms with van der Waals surface area (Å²) in [5.41, 5.74) is 3.95. The minimum Gasteiger partial charge on any atom is -0.478 e. The van der Waals surface area contributed by atoms with Crippen molar-refractivity contribution >= 4 is 33.0 Å². The highest BCUT2D eigenvalue weighted by atomic mass is 79.9. The van der Waals surface area contributed by atoms with Gasteiger partial charge in [-0.05, 0) is 67.6 Å². The lowest BCUT2D eigenvalue weighted by Gasteiger charge is -2.16. The largest absolute Gasteiger partial charge is 0.478 e. The fourth-order valence-corrected chi connectivity index (χ4v) is 4.70. The lowest BCUT2D eigenvalue weighted by molar-refractivity contribution is 0.0697. The maximum atomic E-state index is 11.9. The lowest BCUT2D eigenvalue weighted by atomic mass is 10.0. The standard InChI is InChI=1S/C24H27BrN2O3/c1-3-4-6-16-9-10-27(13-16)14-17-11-19(24(28)29)22-21(12-17)26-23(30-22)18-7-5-8-20(25)15(18)2/h5,7-8,11-12,16H,3-4,6,9-10,13-14H2,1-2H3,(H,28,29)/t16-/m1/s1. The second-order valence-corrected chi connectivity index (χ2v) is 9.11. The maximum absolute atomic E-state index is 11.9. The zero-order chi connectivity index (χ0) is 21.3. The van der Waals surface area contributed by atoms with Crippen LogP contribution in [0.4, 0.5) is 0 Å². The molecule has 2 aromatic carbocycles. The van der Waals surface area contributed by atoms with Gasteiger partial charge in [-0.25, -0.2) is 9.78 Å². The predicted molar refractivity (Wildman–Crippen MR) is 122 cm³/mol. The van der Waals surface area contributed by atoms with E-state index in [0.29, 0.717) is 17.0 Å². The molecule has 30 heavy (non-hydrogen) atoms. The number of halogens is 1. The first kappa shape index (κ1) is 21.1. The Morgan fingerprint density at radius 2 is 2.20 bits per heavy atom. The molecule has 1 atom stereocenters. The molecule has 1 saturated heterocycles. The van der Waals surface area contributed by atoms with Crippen molar-refractivity contribution in [1.82, 2.24) is 9.88 Å². The Morgan fingerprint density at radius 1 is 1.37 bits per heavy atom. The molecule has 1 aliphatic rings. The minimum atomic E-state index is -0.988. The average molecular weight is 471 g/mol. The molecule has 0 saturated carbocycles. The molecule has 1 aliphatic heterocycles. The average Bonchev–Trinajstić information content (AvgIpc) is 3.34. The van der Waals surface area contributed by atoms with Crippen molar-refractivity contribution in [1.29, 1.82) is 0 Å². The van der Waals surface area contributed by atoms with Gasteiger partial charge in [0.2, 0.25) is 5.89 Å². The van der Waals surface area contributed by atoms with Gasteiger partial charge < -0.3 is 9.52 Å². The topological polar surface area (TPSA) is 66.6 Å². The van der Waals surface area contributed by atoms with Gasteiger partial charge >= 0.3 is 5.97 Å². The van der Waals surface area contributed by atoms with Gasteiger partial charge in [-0.15, -0.1) is 0 Å². The second-order valence-electron chi connectivity index (χ2n) is 8.26. The zero-order valence-corrected chi connectivity index (χ0v) is 19.0. The van der Waals surface area contributed by atoms with Gasteiger partial charge in [0, 0.05) is 23.1 Å². The molecular weight excluding hydrogens is 444 g/mol. The van der Waals surface area contributed by atoms with E-state index in [2.05, 4.69) is 32.7 Å². The fourth-order valence-electron chi connectivity index (χ4n) is 4.34. The van der Waals surface area contributed by atoms with Crippen LogP contribution in [0.25, 0.3) is 22.6 Å². The summed E-state index contributed by atoms with van der Waals surface area (Å²) in [5.74, 6) is 0.216. The number of fused-ring (bicyclic) bond motifs is 1. The number of carbonyl (C=O) groups is 1. The van der Waals surface area contributed by atoms with Gasteiger partial charge in [0.05, 0.1) is 0 Å². The number of nitrogens with zero attached hydrogens (tertiary/aromatic N) is 2. The predicted octanol–water partition coefficient (Wildman–Crippen LogP) is 6.28. The number of unbranched alkanes of at least 4 members (excludes halogenated alkanes) is 1. The van der Waals surface area contributed by atoms with Gasteiger partial charge in [-0.2, -0.15) is 0 Å². The van der Waals surface area contributed by atoms with E-state index in [1.54, 1.807) is 6.07 Å². The highest BCUT2D eigenvalue weighted by Gasteiger charge is 2.24. The Balaban J connectivity index is 1.64. The number of aromatic carboxylic acids is 1. The summed E-state index contributed by atoms with van der Waals surface area (Å²) in [7, 11) is 0. The van der Waals surface area contributed by atoms with Crippen molar-refractivity contribution in [3.05, 3.63) is 51.5 Å². The van der Waals surface area contributed by atoms with E-state index in [9.17, 15) is 9.90 Å². The quantitative estimate of drug-likeness (QED) is 0.440. The van der Waals surface area contributed by atoms with Crippen LogP contribution in [0.15, 0.2) is 39.2 Å². The first-order chi connectivity index (χ1) is 14.5. The molecule has 0 unspecified atom stereocenters. The first-order valence-corrected chi connectivity index (χ1v) is 11.4. The molecule has 0 bridgehead atoms. The van der Waals surface area contributed by atoms with E-state index in [4.69, 9.17) is 4.42 Å². The van der Waals surface area contributed by atoms with Crippen LogP contribution >= 0.6 is 15.9 Å². The molecule has 6 heteroatoms. The highest BCUT2D eigenvalue weighted by Crippen LogP contribution is 2.33. The molecule has 158 valence electrons. The third-order valence-corrected chi connectivity index (χ3v) is 6.88. The SMILES string of the molecule is CCCC[C@@H]1CCN(Cc2cc(C(=O)O)c3oc(-c4cccc(Br)c4C)nc3c2)C1. The third-order valence-electron chi connectivity index (χ3n) is 6.02. The number of benzene rings is 2. The monoisotopic (exact) mass is 470 g/mol. The van der Waals surface area contributed by atoms with E-state index in [0.717, 1.165) is 46.7 Å². The first-order valence-electron chi connectivity index (χ1n) is 10.6. The van der Waals surface area contributed by atoms with Crippen molar-refractivity contribution < 1.29 is 14.3 Å². The number of likely N-dealkylation sites (tertiary alicyclic amines) is 1. The lowest BCUT2D eigenvalue weighted by Crippen LogP contribution is -2.20. The molecule has 1 N–H and O–H groups in total. The summed E-state index contributed by atoms with van der Waals surface area (Å²) >= 11 is 3.54. The van der Waals surface area contributed by atoms with Crippen molar-refractivity contribution in [2.24, 2.45) is 5.92 Å². The number of hydrogen-bond acceptors (Lipinski definition) is 4. The van der Waals surface area contributed by atoms with Crippen LogP contribution in [0.2, 0.25) is 0 Å². The molecule has 0 radical (unpaired) electrons. The molecule has 1 aromatic heterocycles. The molecule has 0 amide bonds. The minimum absolute atomic E-state index is 0.177. The molecule has 0 aliphatic carbocycles. The van der Waals surface area contributed by atoms with Gasteiger partial charge in [0.1, 0.15) is 11.1 Å². The number of carboxylic acids is 1. The van der Waals surface area contributed by atoms with Crippen LogP contribution in [-0.4, -0.2) is 34.0 Å². The Kier molecular flexibility index (Phi) is 6.25. The van der Waals surface area contributed by atoms with Crippen LogP contribution in [0.1, 0.15) is 54.1 Å². The van der Waals surface area contributed by atoms with Gasteiger partial charge in [0.25, 0.3) is 0 Å². The summed E-state index contributed by atoms with van der Waals surface area (Å²) in [6, 6.07) is 9.54. The van der Waals surface area contributed by atoms with Crippen LogP contribution in [-0.2, 0) is 6.54 Å². The van der Waals surface area contributed by atoms with E-state index >= 15 is 0 Å². The van der Waals surface area contributed by atoms with Crippen molar-refractivity contribution in [2.75, 3.05) is 13.1 Å². The van der Waals surface area contributed by atoms with Crippen molar-refractivity contribution in [2.45, 2.75) is 46.1 Å². The fraction of sp³-hybridized carbons (Fsp3) is 0.417. The smallest absolute Gasteiger partial charge is 0.339 e. The summed E-state index contributed by atoms with van der Waals surface area (Å²) in [6.45, 7) is 7.12. The molecule has 3 aromatic rings. The zero-order valence-electron chi connectivity index (χ0n) is 17.4. The summed E-state index contributed by atoms with van der Waals surface area (Å²) < 4.78 is 6.91. The molecule has 4 rings (SSSR count). The summed E-state index contributed by atoms with van der Waals surface area (Å²) in [5, 5.41) is 9.78. The normalized spacial score (nSPS) is 17.1. The van der Waals surface area contributed by atoms with Crippen LogP contribution in [0.5, 0.6) is 0 Å². The molecule has 0 spiro atoms. The van der Waals surface area contributed by atoms with Gasteiger partial charge in [-0.3, -0.25) is 4.90 Å². The van der Waals surface area contributed by atoms with E-state index in [1.165, 1.54) is 25.7 Å². The Bertz CT molecular complexity index is 1080. The van der Waals surface area contributed by atoms with E-state index < -0.39 is 5.97 Å².